The van der Waals surface area contributed by atoms with Crippen molar-refractivity contribution in [3.63, 3.8) is 0 Å². The molecule has 0 unspecified atom stereocenters. The molecule has 11 nitrogen and oxygen atoms in total. The van der Waals surface area contributed by atoms with E-state index in [0.717, 1.165) is 17.6 Å². The summed E-state index contributed by atoms with van der Waals surface area (Å²) in [5, 5.41) is 23.0. The number of hydrogen-bond acceptors (Lipinski definition) is 9. The molecule has 0 aliphatic carbocycles. The van der Waals surface area contributed by atoms with Crippen molar-refractivity contribution in [3.05, 3.63) is 107 Å². The number of benzene rings is 3. The fraction of sp³-hybridized carbons (Fsp3) is 0.0417. The summed E-state index contributed by atoms with van der Waals surface area (Å²) >= 11 is 0. The van der Waals surface area contributed by atoms with Gasteiger partial charge in [-0.1, -0.05) is 48.5 Å². The van der Waals surface area contributed by atoms with Gasteiger partial charge in [0.1, 0.15) is 6.33 Å². The normalized spacial score (nSPS) is 10.6. The van der Waals surface area contributed by atoms with Crippen LogP contribution in [0.4, 0.5) is 34.4 Å². The van der Waals surface area contributed by atoms with Crippen LogP contribution in [0, 0.1) is 10.1 Å². The van der Waals surface area contributed by atoms with Crippen LogP contribution in [0.5, 0.6) is 0 Å². The maximum Gasteiger partial charge on any atom is 0.355 e. The van der Waals surface area contributed by atoms with E-state index in [9.17, 15) is 14.9 Å². The molecule has 3 N–H and O–H groups in total. The van der Waals surface area contributed by atoms with Gasteiger partial charge in [-0.05, 0) is 42.0 Å². The van der Waals surface area contributed by atoms with Gasteiger partial charge < -0.3 is 5.32 Å². The first-order valence-electron chi connectivity index (χ1n) is 10.5. The molecule has 0 aliphatic rings. The lowest BCUT2D eigenvalue weighted by atomic mass is 10.1. The predicted octanol–water partition coefficient (Wildman–Crippen LogP) is 5.23. The fourth-order valence-corrected chi connectivity index (χ4v) is 3.05. The van der Waals surface area contributed by atoms with Crippen molar-refractivity contribution < 1.29 is 9.72 Å². The Morgan fingerprint density at radius 2 is 1.43 bits per heavy atom. The number of aromatic nitrogens is 2. The van der Waals surface area contributed by atoms with Crippen LogP contribution in [0.25, 0.3) is 0 Å². The molecule has 174 valence electrons. The van der Waals surface area contributed by atoms with Gasteiger partial charge >= 0.3 is 5.69 Å². The second-order valence-corrected chi connectivity index (χ2v) is 7.22. The van der Waals surface area contributed by atoms with Gasteiger partial charge in [-0.2, -0.15) is 10.2 Å². The van der Waals surface area contributed by atoms with Gasteiger partial charge in [0, 0.05) is 5.69 Å². The van der Waals surface area contributed by atoms with E-state index >= 15 is 0 Å². The van der Waals surface area contributed by atoms with Crippen molar-refractivity contribution in [3.8, 4) is 0 Å². The van der Waals surface area contributed by atoms with Gasteiger partial charge in [-0.15, -0.1) is 0 Å². The fourth-order valence-electron chi connectivity index (χ4n) is 3.05. The number of hydrazine groups is 1. The van der Waals surface area contributed by atoms with Gasteiger partial charge in [0.25, 0.3) is 0 Å². The molecule has 0 saturated carbocycles. The quantitative estimate of drug-likeness (QED) is 0.173. The first-order valence-corrected chi connectivity index (χ1v) is 10.5. The van der Waals surface area contributed by atoms with Gasteiger partial charge in [0.05, 0.1) is 22.7 Å². The van der Waals surface area contributed by atoms with Crippen LogP contribution in [-0.2, 0) is 11.2 Å². The molecule has 4 rings (SSSR count). The molecule has 0 spiro atoms. The highest BCUT2D eigenvalue weighted by Gasteiger charge is 2.23. The number of carbonyl (C=O) groups excluding carboxylic acids is 1. The van der Waals surface area contributed by atoms with Crippen LogP contribution in [0.3, 0.4) is 0 Å². The highest BCUT2D eigenvalue weighted by Crippen LogP contribution is 2.31. The SMILES string of the molecule is O=C(Cc1ccccc1)NNc1ncnc(Nc2ccc(N=Nc3ccccc3)cc2)c1[N+](=O)[O-]. The summed E-state index contributed by atoms with van der Waals surface area (Å²) in [4.78, 5) is 31.2. The van der Waals surface area contributed by atoms with E-state index in [1.54, 1.807) is 24.3 Å². The number of carbonyl (C=O) groups is 1. The third-order valence-corrected chi connectivity index (χ3v) is 4.70. The number of rotatable bonds is 9. The molecule has 4 aromatic rings. The Balaban J connectivity index is 1.44. The number of amides is 1. The maximum atomic E-state index is 12.2. The monoisotopic (exact) mass is 468 g/mol. The van der Waals surface area contributed by atoms with Crippen molar-refractivity contribution >= 4 is 40.3 Å². The Hall–Kier alpha value is -5.19. The summed E-state index contributed by atoms with van der Waals surface area (Å²) in [5.74, 6) is -0.565. The molecule has 35 heavy (non-hydrogen) atoms. The molecule has 1 amide bonds. The Morgan fingerprint density at radius 1 is 0.829 bits per heavy atom. The van der Waals surface area contributed by atoms with Crippen LogP contribution >= 0.6 is 0 Å². The molecule has 0 radical (unpaired) electrons. The van der Waals surface area contributed by atoms with Crippen LogP contribution in [-0.4, -0.2) is 20.8 Å². The Kier molecular flexibility index (Phi) is 7.29. The third kappa shape index (κ3) is 6.42. The standard InChI is InChI=1S/C24H20N8O3/c33-21(15-17-7-3-1-4-8-17)30-31-24-22(32(34)35)23(25-16-26-24)27-18-11-13-20(14-12-18)29-28-19-9-5-2-6-10-19/h1-14,16H,15H2,(H,30,33)(H2,25,26,27,31). The van der Waals surface area contributed by atoms with E-state index in [4.69, 9.17) is 0 Å². The van der Waals surface area contributed by atoms with Crippen LogP contribution in [0.15, 0.2) is 101 Å². The zero-order valence-corrected chi connectivity index (χ0v) is 18.3. The summed E-state index contributed by atoms with van der Waals surface area (Å²) in [6, 6.07) is 25.2. The van der Waals surface area contributed by atoms with E-state index < -0.39 is 10.6 Å². The molecule has 0 atom stereocenters. The van der Waals surface area contributed by atoms with E-state index in [1.807, 2.05) is 60.7 Å². The number of nitrogens with one attached hydrogen (secondary N) is 3. The first-order chi connectivity index (χ1) is 17.1. The highest BCUT2D eigenvalue weighted by atomic mass is 16.6. The molecule has 1 aromatic heterocycles. The topological polar surface area (TPSA) is 147 Å². The lowest BCUT2D eigenvalue weighted by Gasteiger charge is -2.11. The smallest absolute Gasteiger partial charge is 0.334 e. The van der Waals surface area contributed by atoms with E-state index in [2.05, 4.69) is 36.4 Å². The van der Waals surface area contributed by atoms with Crippen molar-refractivity contribution in [1.82, 2.24) is 15.4 Å². The third-order valence-electron chi connectivity index (χ3n) is 4.70. The van der Waals surface area contributed by atoms with Crippen molar-refractivity contribution in [2.24, 2.45) is 10.2 Å². The zero-order chi connectivity index (χ0) is 24.5. The van der Waals surface area contributed by atoms with Gasteiger partial charge in [-0.3, -0.25) is 25.8 Å². The Bertz CT molecular complexity index is 1330. The van der Waals surface area contributed by atoms with E-state index in [0.29, 0.717) is 11.4 Å². The van der Waals surface area contributed by atoms with E-state index in [1.165, 1.54) is 0 Å². The lowest BCUT2D eigenvalue weighted by molar-refractivity contribution is -0.383. The zero-order valence-electron chi connectivity index (χ0n) is 18.3. The second kappa shape index (κ2) is 11.1. The minimum absolute atomic E-state index is 0.0385. The largest absolute Gasteiger partial charge is 0.355 e. The summed E-state index contributed by atoms with van der Waals surface area (Å²) < 4.78 is 0. The summed E-state index contributed by atoms with van der Waals surface area (Å²) in [7, 11) is 0. The Labute approximate surface area is 200 Å². The molecule has 0 aliphatic heterocycles. The first kappa shape index (κ1) is 23.0. The van der Waals surface area contributed by atoms with Gasteiger partial charge in [0.2, 0.25) is 17.5 Å². The maximum absolute atomic E-state index is 12.2. The molecule has 11 heteroatoms. The lowest BCUT2D eigenvalue weighted by Crippen LogP contribution is -2.31. The minimum Gasteiger partial charge on any atom is -0.334 e. The van der Waals surface area contributed by atoms with Crippen LogP contribution < -0.4 is 16.2 Å². The van der Waals surface area contributed by atoms with E-state index in [-0.39, 0.29) is 24.0 Å². The summed E-state index contributed by atoms with van der Waals surface area (Å²) in [6.45, 7) is 0. The average molecular weight is 468 g/mol. The van der Waals surface area contributed by atoms with Crippen LogP contribution in [0.1, 0.15) is 5.56 Å². The highest BCUT2D eigenvalue weighted by molar-refractivity contribution is 5.81. The molecule has 0 fully saturated rings. The molecule has 1 heterocycles. The predicted molar refractivity (Wildman–Crippen MR) is 131 cm³/mol. The summed E-state index contributed by atoms with van der Waals surface area (Å²) in [6.07, 6.45) is 1.26. The second-order valence-electron chi connectivity index (χ2n) is 7.22. The number of hydrogen-bond donors (Lipinski definition) is 3. The molecular formula is C24H20N8O3. The van der Waals surface area contributed by atoms with Crippen molar-refractivity contribution in [2.45, 2.75) is 6.42 Å². The number of azo groups is 1. The summed E-state index contributed by atoms with van der Waals surface area (Å²) in [5.41, 5.74) is 7.23. The average Bonchev–Trinajstić information content (AvgIpc) is 2.88. The number of nitrogens with zero attached hydrogens (tertiary/aromatic N) is 5. The van der Waals surface area contributed by atoms with Crippen molar-refractivity contribution in [1.29, 1.82) is 0 Å². The van der Waals surface area contributed by atoms with Crippen molar-refractivity contribution in [2.75, 3.05) is 10.7 Å². The van der Waals surface area contributed by atoms with Crippen LogP contribution in [0.2, 0.25) is 0 Å². The van der Waals surface area contributed by atoms with Gasteiger partial charge in [0.15, 0.2) is 0 Å². The molecular weight excluding hydrogens is 448 g/mol. The Morgan fingerprint density at radius 3 is 2.09 bits per heavy atom. The number of nitro groups is 1. The minimum atomic E-state index is -0.629. The molecule has 0 bridgehead atoms. The molecule has 3 aromatic carbocycles. The van der Waals surface area contributed by atoms with Gasteiger partial charge in [-0.25, -0.2) is 9.97 Å². The molecule has 0 saturated heterocycles. The number of anilines is 3.